The van der Waals surface area contributed by atoms with Crippen molar-refractivity contribution in [1.82, 2.24) is 24.6 Å². The first-order chi connectivity index (χ1) is 14.2. The third-order valence-electron chi connectivity index (χ3n) is 5.21. The number of hydrogen-bond acceptors (Lipinski definition) is 6. The smallest absolute Gasteiger partial charge is 0.198 e. The molecule has 0 bridgehead atoms. The number of hydrogen-bond donors (Lipinski definition) is 1. The van der Waals surface area contributed by atoms with Gasteiger partial charge in [0.05, 0.1) is 18.5 Å². The predicted octanol–water partition coefficient (Wildman–Crippen LogP) is 3.57. The lowest BCUT2D eigenvalue weighted by Crippen LogP contribution is -2.14. The number of pyridine rings is 1. The SMILES string of the molecule is Cc1ccncc1-c1cnc(NCc2c(F)ccc3c2CCCO3)c2ncnn12. The fraction of sp³-hybridized carbons (Fsp3) is 0.238. The van der Waals surface area contributed by atoms with E-state index in [0.717, 1.165) is 41.0 Å². The maximum atomic E-state index is 14.5. The molecule has 1 aliphatic rings. The summed E-state index contributed by atoms with van der Waals surface area (Å²) in [6, 6.07) is 5.09. The highest BCUT2D eigenvalue weighted by Crippen LogP contribution is 2.31. The Bertz CT molecular complexity index is 1210. The van der Waals surface area contributed by atoms with Gasteiger partial charge < -0.3 is 10.1 Å². The summed E-state index contributed by atoms with van der Waals surface area (Å²) in [5, 5.41) is 7.57. The highest BCUT2D eigenvalue weighted by molar-refractivity contribution is 5.70. The zero-order chi connectivity index (χ0) is 19.8. The lowest BCUT2D eigenvalue weighted by Gasteiger charge is -2.21. The normalized spacial score (nSPS) is 13.2. The van der Waals surface area contributed by atoms with Gasteiger partial charge in [-0.1, -0.05) is 0 Å². The Kier molecular flexibility index (Phi) is 4.31. The largest absolute Gasteiger partial charge is 0.493 e. The Morgan fingerprint density at radius 1 is 1.21 bits per heavy atom. The Hall–Kier alpha value is -3.55. The van der Waals surface area contributed by atoms with E-state index in [1.165, 1.54) is 12.4 Å². The third kappa shape index (κ3) is 3.06. The van der Waals surface area contributed by atoms with Gasteiger partial charge in [0.15, 0.2) is 11.5 Å². The van der Waals surface area contributed by atoms with Gasteiger partial charge in [0.2, 0.25) is 0 Å². The van der Waals surface area contributed by atoms with E-state index in [-0.39, 0.29) is 5.82 Å². The molecule has 0 amide bonds. The van der Waals surface area contributed by atoms with Gasteiger partial charge in [-0.15, -0.1) is 0 Å². The second-order valence-electron chi connectivity index (χ2n) is 6.99. The standard InChI is InChI=1S/C21H19FN6O/c1-13-6-7-23-9-15(13)18-11-25-20(21-26-12-27-28(18)21)24-10-16-14-3-2-8-29-19(14)5-4-17(16)22/h4-7,9,11-12H,2-3,8,10H2,1H3,(H,24,25). The molecule has 0 atom stereocenters. The van der Waals surface area contributed by atoms with Crippen LogP contribution in [0.5, 0.6) is 5.75 Å². The van der Waals surface area contributed by atoms with Gasteiger partial charge in [0, 0.05) is 35.6 Å². The van der Waals surface area contributed by atoms with Crippen LogP contribution in [0.2, 0.25) is 0 Å². The maximum absolute atomic E-state index is 14.5. The van der Waals surface area contributed by atoms with Crippen LogP contribution in [-0.4, -0.2) is 31.2 Å². The zero-order valence-electron chi connectivity index (χ0n) is 15.9. The first-order valence-electron chi connectivity index (χ1n) is 9.49. The minimum absolute atomic E-state index is 0.248. The number of nitrogens with zero attached hydrogens (tertiary/aromatic N) is 5. The van der Waals surface area contributed by atoms with Gasteiger partial charge >= 0.3 is 0 Å². The minimum Gasteiger partial charge on any atom is -0.493 e. The zero-order valence-corrected chi connectivity index (χ0v) is 15.9. The molecule has 0 unspecified atom stereocenters. The lowest BCUT2D eigenvalue weighted by atomic mass is 9.99. The van der Waals surface area contributed by atoms with Crippen molar-refractivity contribution in [3.63, 3.8) is 0 Å². The molecule has 1 N–H and O–H groups in total. The summed E-state index contributed by atoms with van der Waals surface area (Å²) >= 11 is 0. The molecule has 0 spiro atoms. The molecule has 1 aromatic carbocycles. The molecule has 3 aromatic heterocycles. The summed E-state index contributed by atoms with van der Waals surface area (Å²) in [4.78, 5) is 13.1. The van der Waals surface area contributed by atoms with Gasteiger partial charge in [-0.05, 0) is 43.5 Å². The molecular weight excluding hydrogens is 371 g/mol. The van der Waals surface area contributed by atoms with Crippen molar-refractivity contribution in [3.8, 4) is 17.0 Å². The molecule has 8 heteroatoms. The Morgan fingerprint density at radius 2 is 2.14 bits per heavy atom. The van der Waals surface area contributed by atoms with Crippen LogP contribution in [0.1, 0.15) is 23.1 Å². The summed E-state index contributed by atoms with van der Waals surface area (Å²) < 4.78 is 21.9. The fourth-order valence-corrected chi connectivity index (χ4v) is 3.70. The van der Waals surface area contributed by atoms with Crippen molar-refractivity contribution in [2.45, 2.75) is 26.3 Å². The minimum atomic E-state index is -0.248. The second-order valence-corrected chi connectivity index (χ2v) is 6.99. The first kappa shape index (κ1) is 17.5. The number of aryl methyl sites for hydroxylation is 1. The number of halogens is 1. The van der Waals surface area contributed by atoms with Crippen LogP contribution < -0.4 is 10.1 Å². The molecular formula is C21H19FN6O. The maximum Gasteiger partial charge on any atom is 0.198 e. The van der Waals surface area contributed by atoms with Crippen molar-refractivity contribution in [3.05, 3.63) is 65.6 Å². The number of fused-ring (bicyclic) bond motifs is 2. The van der Waals surface area contributed by atoms with E-state index in [9.17, 15) is 4.39 Å². The van der Waals surface area contributed by atoms with E-state index in [0.29, 0.717) is 30.2 Å². The van der Waals surface area contributed by atoms with Crippen LogP contribution in [-0.2, 0) is 13.0 Å². The quantitative estimate of drug-likeness (QED) is 0.574. The molecule has 4 heterocycles. The first-order valence-corrected chi connectivity index (χ1v) is 9.49. The number of ether oxygens (including phenoxy) is 1. The molecule has 0 aliphatic carbocycles. The number of aromatic nitrogens is 5. The topological polar surface area (TPSA) is 77.2 Å². The van der Waals surface area contributed by atoms with Crippen molar-refractivity contribution in [2.75, 3.05) is 11.9 Å². The average Bonchev–Trinajstić information content (AvgIpc) is 3.24. The van der Waals surface area contributed by atoms with Gasteiger partial charge in [0.1, 0.15) is 17.9 Å². The second kappa shape index (κ2) is 7.12. The monoisotopic (exact) mass is 390 g/mol. The fourth-order valence-electron chi connectivity index (χ4n) is 3.70. The van der Waals surface area contributed by atoms with Crippen molar-refractivity contribution >= 4 is 11.5 Å². The number of anilines is 1. The van der Waals surface area contributed by atoms with Gasteiger partial charge in [-0.3, -0.25) is 4.98 Å². The summed E-state index contributed by atoms with van der Waals surface area (Å²) in [6.45, 7) is 2.97. The number of rotatable bonds is 4. The Balaban J connectivity index is 1.50. The Morgan fingerprint density at radius 3 is 3.03 bits per heavy atom. The van der Waals surface area contributed by atoms with Crippen molar-refractivity contribution < 1.29 is 9.13 Å². The summed E-state index contributed by atoms with van der Waals surface area (Å²) in [5.41, 5.74) is 4.90. The summed E-state index contributed by atoms with van der Waals surface area (Å²) in [6.07, 6.45) is 8.43. The molecule has 0 fully saturated rings. The molecule has 4 aromatic rings. The molecule has 146 valence electrons. The van der Waals surface area contributed by atoms with E-state index in [1.807, 2.05) is 13.0 Å². The molecule has 1 aliphatic heterocycles. The van der Waals surface area contributed by atoms with Gasteiger partial charge in [-0.2, -0.15) is 5.10 Å². The highest BCUT2D eigenvalue weighted by Gasteiger charge is 2.19. The lowest BCUT2D eigenvalue weighted by molar-refractivity contribution is 0.286. The van der Waals surface area contributed by atoms with Crippen LogP contribution in [0.3, 0.4) is 0 Å². The molecule has 0 saturated carbocycles. The van der Waals surface area contributed by atoms with Crippen molar-refractivity contribution in [2.24, 2.45) is 0 Å². The predicted molar refractivity (Wildman–Crippen MR) is 106 cm³/mol. The van der Waals surface area contributed by atoms with Gasteiger partial charge in [-0.25, -0.2) is 18.9 Å². The molecule has 0 radical (unpaired) electrons. The van der Waals surface area contributed by atoms with E-state index < -0.39 is 0 Å². The molecule has 5 rings (SSSR count). The van der Waals surface area contributed by atoms with Crippen LogP contribution >= 0.6 is 0 Å². The summed E-state index contributed by atoms with van der Waals surface area (Å²) in [7, 11) is 0. The van der Waals surface area contributed by atoms with Crippen LogP contribution in [0.4, 0.5) is 10.2 Å². The molecule has 0 saturated heterocycles. The van der Waals surface area contributed by atoms with Gasteiger partial charge in [0.25, 0.3) is 0 Å². The van der Waals surface area contributed by atoms with E-state index >= 15 is 0 Å². The van der Waals surface area contributed by atoms with Crippen LogP contribution in [0.15, 0.2) is 43.1 Å². The van der Waals surface area contributed by atoms with E-state index in [4.69, 9.17) is 4.74 Å². The average molecular weight is 390 g/mol. The molecule has 7 nitrogen and oxygen atoms in total. The van der Waals surface area contributed by atoms with E-state index in [1.54, 1.807) is 29.2 Å². The third-order valence-corrected chi connectivity index (χ3v) is 5.21. The van der Waals surface area contributed by atoms with Crippen LogP contribution in [0, 0.1) is 12.7 Å². The highest BCUT2D eigenvalue weighted by atomic mass is 19.1. The molecule has 29 heavy (non-hydrogen) atoms. The summed E-state index contributed by atoms with van der Waals surface area (Å²) in [5.74, 6) is 1.06. The Labute approximate surface area is 166 Å². The number of nitrogens with one attached hydrogen (secondary N) is 1. The van der Waals surface area contributed by atoms with E-state index in [2.05, 4.69) is 25.4 Å². The van der Waals surface area contributed by atoms with Crippen molar-refractivity contribution in [1.29, 1.82) is 0 Å². The van der Waals surface area contributed by atoms with Crippen LogP contribution in [0.25, 0.3) is 16.9 Å². The number of benzene rings is 1.